The van der Waals surface area contributed by atoms with Gasteiger partial charge in [-0.1, -0.05) is 37.6 Å². The molecule has 4 rings (SSSR count). The second-order valence-corrected chi connectivity index (χ2v) is 11.2. The van der Waals surface area contributed by atoms with E-state index in [1.54, 1.807) is 44.2 Å². The highest BCUT2D eigenvalue weighted by molar-refractivity contribution is 9.10. The van der Waals surface area contributed by atoms with Crippen LogP contribution in [0.25, 0.3) is 22.3 Å². The molecule has 0 amide bonds. The van der Waals surface area contributed by atoms with Gasteiger partial charge in [0.15, 0.2) is 11.9 Å². The molecule has 0 aliphatic carbocycles. The van der Waals surface area contributed by atoms with Gasteiger partial charge in [-0.25, -0.2) is 9.78 Å². The Balaban J connectivity index is 1.93. The maximum atomic E-state index is 13.9. The van der Waals surface area contributed by atoms with E-state index in [2.05, 4.69) is 34.9 Å². The molecule has 4 aromatic rings. The van der Waals surface area contributed by atoms with Crippen molar-refractivity contribution in [2.24, 2.45) is 5.10 Å². The molecule has 10 heteroatoms. The lowest BCUT2D eigenvalue weighted by atomic mass is 9.96. The van der Waals surface area contributed by atoms with Crippen LogP contribution in [0.3, 0.4) is 0 Å². The highest BCUT2D eigenvalue weighted by Crippen LogP contribution is 2.35. The van der Waals surface area contributed by atoms with Gasteiger partial charge >= 0.3 is 5.97 Å². The third kappa shape index (κ3) is 6.68. The van der Waals surface area contributed by atoms with E-state index in [-0.39, 0.29) is 18.1 Å². The fourth-order valence-electron chi connectivity index (χ4n) is 4.48. The minimum absolute atomic E-state index is 0.167. The highest BCUT2D eigenvalue weighted by Gasteiger charge is 2.21. The van der Waals surface area contributed by atoms with Gasteiger partial charge in [-0.05, 0) is 97.1 Å². The first-order chi connectivity index (χ1) is 20.0. The first-order valence-electron chi connectivity index (χ1n) is 13.7. The first-order valence-corrected chi connectivity index (χ1v) is 14.9. The SMILES string of the molecule is CCOC(=O)[C@H](C)Oc1c(Br)cc(Cl)cc1C=Nn1c(-c2cc(C(C)C)c(OCC)cc2C)nc2ccccc2c1=O. The van der Waals surface area contributed by atoms with Gasteiger partial charge in [-0.3, -0.25) is 4.79 Å². The average molecular weight is 655 g/mol. The number of benzene rings is 3. The van der Waals surface area contributed by atoms with Crippen LogP contribution >= 0.6 is 27.5 Å². The highest BCUT2D eigenvalue weighted by atomic mass is 79.9. The van der Waals surface area contributed by atoms with E-state index in [4.69, 9.17) is 30.8 Å². The second-order valence-electron chi connectivity index (χ2n) is 9.92. The smallest absolute Gasteiger partial charge is 0.347 e. The summed E-state index contributed by atoms with van der Waals surface area (Å²) in [6.45, 7) is 12.2. The number of fused-ring (bicyclic) bond motifs is 1. The molecule has 0 fully saturated rings. The second kappa shape index (κ2) is 13.5. The van der Waals surface area contributed by atoms with E-state index in [0.29, 0.717) is 44.1 Å². The molecule has 0 radical (unpaired) electrons. The summed E-state index contributed by atoms with van der Waals surface area (Å²) in [7, 11) is 0. The lowest BCUT2D eigenvalue weighted by Gasteiger charge is -2.18. The number of aromatic nitrogens is 2. The normalized spacial score (nSPS) is 12.2. The molecule has 8 nitrogen and oxygen atoms in total. The lowest BCUT2D eigenvalue weighted by Crippen LogP contribution is -2.26. The van der Waals surface area contributed by atoms with Gasteiger partial charge in [0.2, 0.25) is 0 Å². The van der Waals surface area contributed by atoms with Crippen LogP contribution in [0.15, 0.2) is 62.9 Å². The molecular weight excluding hydrogens is 622 g/mol. The number of para-hydroxylation sites is 1. The number of halogens is 2. The maximum absolute atomic E-state index is 13.9. The number of rotatable bonds is 10. The van der Waals surface area contributed by atoms with E-state index < -0.39 is 12.1 Å². The van der Waals surface area contributed by atoms with Crippen LogP contribution in [0.1, 0.15) is 57.2 Å². The fraction of sp³-hybridized carbons (Fsp3) is 0.312. The summed E-state index contributed by atoms with van der Waals surface area (Å²) in [6.07, 6.45) is 0.578. The summed E-state index contributed by atoms with van der Waals surface area (Å²) in [5.74, 6) is 1.16. The van der Waals surface area contributed by atoms with Gasteiger partial charge in [0.05, 0.1) is 34.8 Å². The van der Waals surface area contributed by atoms with Crippen LogP contribution in [0.4, 0.5) is 0 Å². The molecule has 0 unspecified atom stereocenters. The summed E-state index contributed by atoms with van der Waals surface area (Å²) in [5.41, 5.74) is 3.30. The van der Waals surface area contributed by atoms with Crippen LogP contribution in [-0.4, -0.2) is 41.2 Å². The quantitative estimate of drug-likeness (QED) is 0.130. The van der Waals surface area contributed by atoms with Crippen molar-refractivity contribution >= 4 is 50.6 Å². The van der Waals surface area contributed by atoms with Crippen molar-refractivity contribution in [3.05, 3.63) is 85.1 Å². The molecule has 220 valence electrons. The van der Waals surface area contributed by atoms with Crippen LogP contribution in [0.5, 0.6) is 11.5 Å². The molecular formula is C32H33BrClN3O5. The van der Waals surface area contributed by atoms with Crippen LogP contribution in [-0.2, 0) is 9.53 Å². The van der Waals surface area contributed by atoms with Crippen LogP contribution < -0.4 is 15.0 Å². The third-order valence-electron chi connectivity index (χ3n) is 6.54. The Morgan fingerprint density at radius 1 is 1.12 bits per heavy atom. The van der Waals surface area contributed by atoms with Gasteiger partial charge in [0, 0.05) is 16.1 Å². The number of hydrogen-bond donors (Lipinski definition) is 0. The summed E-state index contributed by atoms with van der Waals surface area (Å²) in [6, 6.07) is 14.4. The average Bonchev–Trinajstić information content (AvgIpc) is 2.94. The van der Waals surface area contributed by atoms with Crippen molar-refractivity contribution < 1.29 is 19.0 Å². The molecule has 0 bridgehead atoms. The predicted molar refractivity (Wildman–Crippen MR) is 170 cm³/mol. The standard InChI is InChI=1S/C32H33BrClN3O5/c1-7-40-28-13-19(5)25(16-24(28)18(3)4)30-36-27-12-10-9-11-23(27)31(38)37(30)35-17-21-14-22(34)15-26(33)29(21)42-20(6)32(39)41-8-2/h9-18,20H,7-8H2,1-6H3/t20-/m0/s1. The molecule has 0 aliphatic heterocycles. The van der Waals surface area contributed by atoms with Gasteiger partial charge in [0.25, 0.3) is 5.56 Å². The number of esters is 1. The molecule has 0 saturated heterocycles. The largest absolute Gasteiger partial charge is 0.494 e. The Morgan fingerprint density at radius 2 is 1.86 bits per heavy atom. The van der Waals surface area contributed by atoms with E-state index in [9.17, 15) is 9.59 Å². The summed E-state index contributed by atoms with van der Waals surface area (Å²) in [4.78, 5) is 31.0. The number of carbonyl (C=O) groups is 1. The van der Waals surface area contributed by atoms with E-state index in [0.717, 1.165) is 22.4 Å². The van der Waals surface area contributed by atoms with Crippen molar-refractivity contribution in [3.8, 4) is 22.9 Å². The van der Waals surface area contributed by atoms with Gasteiger partial charge in [-0.2, -0.15) is 9.78 Å². The summed E-state index contributed by atoms with van der Waals surface area (Å²) in [5, 5.41) is 5.45. The Bertz CT molecular complexity index is 1720. The number of hydrogen-bond acceptors (Lipinski definition) is 7. The summed E-state index contributed by atoms with van der Waals surface area (Å²) < 4.78 is 18.8. The van der Waals surface area contributed by atoms with Crippen molar-refractivity contribution in [1.29, 1.82) is 0 Å². The molecule has 1 aromatic heterocycles. The van der Waals surface area contributed by atoms with E-state index >= 15 is 0 Å². The van der Waals surface area contributed by atoms with Crippen LogP contribution in [0.2, 0.25) is 5.02 Å². The fourth-order valence-corrected chi connectivity index (χ4v) is 5.41. The van der Waals surface area contributed by atoms with E-state index in [1.165, 1.54) is 10.9 Å². The zero-order valence-corrected chi connectivity index (χ0v) is 26.7. The predicted octanol–water partition coefficient (Wildman–Crippen LogP) is 7.52. The number of nitrogens with zero attached hydrogens (tertiary/aromatic N) is 3. The topological polar surface area (TPSA) is 92.0 Å². The molecule has 0 saturated carbocycles. The van der Waals surface area contributed by atoms with Crippen molar-refractivity contribution in [2.75, 3.05) is 13.2 Å². The Kier molecular flexibility index (Phi) is 10.1. The number of carbonyl (C=O) groups excluding carboxylic acids is 1. The summed E-state index contributed by atoms with van der Waals surface area (Å²) >= 11 is 9.84. The van der Waals surface area contributed by atoms with Crippen molar-refractivity contribution in [3.63, 3.8) is 0 Å². The number of aryl methyl sites for hydroxylation is 1. The minimum atomic E-state index is -0.892. The Labute approximate surface area is 258 Å². The van der Waals surface area contributed by atoms with Crippen LogP contribution in [0, 0.1) is 6.92 Å². The first kappa shape index (κ1) is 31.3. The van der Waals surface area contributed by atoms with Gasteiger partial charge < -0.3 is 14.2 Å². The van der Waals surface area contributed by atoms with Gasteiger partial charge in [-0.15, -0.1) is 0 Å². The maximum Gasteiger partial charge on any atom is 0.347 e. The van der Waals surface area contributed by atoms with E-state index in [1.807, 2.05) is 32.0 Å². The monoisotopic (exact) mass is 653 g/mol. The third-order valence-corrected chi connectivity index (χ3v) is 7.34. The minimum Gasteiger partial charge on any atom is -0.494 e. The van der Waals surface area contributed by atoms with Crippen molar-refractivity contribution in [2.45, 2.75) is 53.6 Å². The lowest BCUT2D eigenvalue weighted by molar-refractivity contribution is -0.150. The molecule has 1 heterocycles. The molecule has 0 aliphatic rings. The molecule has 0 N–H and O–H groups in total. The molecule has 0 spiro atoms. The zero-order chi connectivity index (χ0) is 30.6. The Hall–Kier alpha value is -3.69. The van der Waals surface area contributed by atoms with Crippen molar-refractivity contribution in [1.82, 2.24) is 9.66 Å². The molecule has 42 heavy (non-hydrogen) atoms. The zero-order valence-electron chi connectivity index (χ0n) is 24.4. The van der Waals surface area contributed by atoms with Gasteiger partial charge in [0.1, 0.15) is 11.5 Å². The molecule has 3 aromatic carbocycles. The number of ether oxygens (including phenoxy) is 3. The molecule has 1 atom stereocenters. The Morgan fingerprint density at radius 3 is 2.55 bits per heavy atom.